The van der Waals surface area contributed by atoms with E-state index in [1.165, 1.54) is 12.1 Å². The molecule has 0 saturated carbocycles. The minimum atomic E-state index is -0.302. The number of aromatic nitrogens is 2. The fourth-order valence-corrected chi connectivity index (χ4v) is 2.79. The number of nitrogens with one attached hydrogen (secondary N) is 1. The van der Waals surface area contributed by atoms with E-state index in [0.29, 0.717) is 30.4 Å². The van der Waals surface area contributed by atoms with Gasteiger partial charge in [-0.2, -0.15) is 4.98 Å². The van der Waals surface area contributed by atoms with E-state index < -0.39 is 0 Å². The number of likely N-dealkylation sites (N-methyl/N-ethyl adjacent to an activating group) is 1. The third-order valence-electron chi connectivity index (χ3n) is 4.00. The lowest BCUT2D eigenvalue weighted by Crippen LogP contribution is -2.42. The van der Waals surface area contributed by atoms with E-state index in [1.807, 2.05) is 4.90 Å². The predicted octanol–water partition coefficient (Wildman–Crippen LogP) is 1.80. The van der Waals surface area contributed by atoms with Gasteiger partial charge in [0, 0.05) is 18.7 Å². The highest BCUT2D eigenvalue weighted by Gasteiger charge is 2.28. The van der Waals surface area contributed by atoms with Crippen molar-refractivity contribution in [2.75, 3.05) is 26.7 Å². The second-order valence-electron chi connectivity index (χ2n) is 5.67. The van der Waals surface area contributed by atoms with Gasteiger partial charge >= 0.3 is 0 Å². The van der Waals surface area contributed by atoms with Crippen LogP contribution in [-0.2, 0) is 4.79 Å². The van der Waals surface area contributed by atoms with Gasteiger partial charge in [0.15, 0.2) is 0 Å². The molecule has 1 N–H and O–H groups in total. The van der Waals surface area contributed by atoms with Gasteiger partial charge in [-0.1, -0.05) is 5.16 Å². The zero-order valence-corrected chi connectivity index (χ0v) is 13.0. The van der Waals surface area contributed by atoms with Crippen LogP contribution in [0.4, 0.5) is 4.39 Å². The summed E-state index contributed by atoms with van der Waals surface area (Å²) in [6.07, 6.45) is 1.82. The Morgan fingerprint density at radius 1 is 1.43 bits per heavy atom. The monoisotopic (exact) mass is 318 g/mol. The fourth-order valence-electron chi connectivity index (χ4n) is 2.79. The summed E-state index contributed by atoms with van der Waals surface area (Å²) in [6.45, 7) is 1.68. The lowest BCUT2D eigenvalue weighted by Gasteiger charge is -2.31. The van der Waals surface area contributed by atoms with Crippen LogP contribution in [0.25, 0.3) is 11.4 Å². The van der Waals surface area contributed by atoms with E-state index in [9.17, 15) is 9.18 Å². The van der Waals surface area contributed by atoms with Crippen molar-refractivity contribution in [2.24, 2.45) is 0 Å². The number of nitrogens with zero attached hydrogens (tertiary/aromatic N) is 3. The Morgan fingerprint density at radius 3 is 2.96 bits per heavy atom. The molecular formula is C16H19FN4O2. The molecule has 1 aromatic heterocycles. The Bertz CT molecular complexity index is 671. The number of piperidine rings is 1. The van der Waals surface area contributed by atoms with Gasteiger partial charge in [-0.15, -0.1) is 0 Å². The Hall–Kier alpha value is -2.28. The molecule has 122 valence electrons. The summed E-state index contributed by atoms with van der Waals surface area (Å²) in [5, 5.41) is 6.85. The number of hydrogen-bond donors (Lipinski definition) is 1. The Labute approximate surface area is 133 Å². The minimum Gasteiger partial charge on any atom is -0.341 e. The van der Waals surface area contributed by atoms with Crippen molar-refractivity contribution in [3.8, 4) is 11.4 Å². The van der Waals surface area contributed by atoms with Gasteiger partial charge in [-0.25, -0.2) is 4.39 Å². The molecular weight excluding hydrogens is 299 g/mol. The largest absolute Gasteiger partial charge is 0.341 e. The molecule has 1 aliphatic rings. The third kappa shape index (κ3) is 3.56. The van der Waals surface area contributed by atoms with Crippen LogP contribution in [0.2, 0.25) is 0 Å². The minimum absolute atomic E-state index is 0.0475. The summed E-state index contributed by atoms with van der Waals surface area (Å²) < 4.78 is 18.3. The molecule has 2 heterocycles. The van der Waals surface area contributed by atoms with Gasteiger partial charge in [-0.05, 0) is 44.2 Å². The SMILES string of the molecule is CNCC(=O)N1CCCC(c2nc(-c3ccc(F)cc3)no2)C1. The molecule has 0 spiro atoms. The van der Waals surface area contributed by atoms with Crippen LogP contribution in [-0.4, -0.2) is 47.6 Å². The van der Waals surface area contributed by atoms with Crippen LogP contribution in [0.15, 0.2) is 28.8 Å². The molecule has 1 amide bonds. The molecule has 7 heteroatoms. The third-order valence-corrected chi connectivity index (χ3v) is 4.00. The zero-order valence-electron chi connectivity index (χ0n) is 13.0. The van der Waals surface area contributed by atoms with Gasteiger partial charge in [0.1, 0.15) is 5.82 Å². The molecule has 6 nitrogen and oxygen atoms in total. The van der Waals surface area contributed by atoms with Crippen LogP contribution in [0.5, 0.6) is 0 Å². The maximum Gasteiger partial charge on any atom is 0.236 e. The van der Waals surface area contributed by atoms with Crippen molar-refractivity contribution in [3.05, 3.63) is 36.0 Å². The van der Waals surface area contributed by atoms with E-state index in [-0.39, 0.29) is 17.6 Å². The average Bonchev–Trinajstić information content (AvgIpc) is 3.06. The number of carbonyl (C=O) groups excluding carboxylic acids is 1. The number of hydrogen-bond acceptors (Lipinski definition) is 5. The lowest BCUT2D eigenvalue weighted by atomic mass is 9.98. The van der Waals surface area contributed by atoms with Crippen molar-refractivity contribution in [1.29, 1.82) is 0 Å². The van der Waals surface area contributed by atoms with Crippen LogP contribution in [0.1, 0.15) is 24.7 Å². The summed E-state index contributed by atoms with van der Waals surface area (Å²) in [5.74, 6) is 0.801. The highest BCUT2D eigenvalue weighted by Crippen LogP contribution is 2.27. The number of likely N-dealkylation sites (tertiary alicyclic amines) is 1. The molecule has 0 radical (unpaired) electrons. The predicted molar refractivity (Wildman–Crippen MR) is 82.2 cm³/mol. The first-order valence-electron chi connectivity index (χ1n) is 7.69. The number of benzene rings is 1. The summed E-state index contributed by atoms with van der Waals surface area (Å²) in [4.78, 5) is 18.2. The highest BCUT2D eigenvalue weighted by molar-refractivity contribution is 5.78. The first kappa shape index (κ1) is 15.6. The van der Waals surface area contributed by atoms with Gasteiger partial charge in [-0.3, -0.25) is 4.79 Å². The van der Waals surface area contributed by atoms with Crippen LogP contribution < -0.4 is 5.32 Å². The number of rotatable bonds is 4. The molecule has 0 aliphatic carbocycles. The van der Waals surface area contributed by atoms with E-state index in [1.54, 1.807) is 19.2 Å². The molecule has 1 atom stereocenters. The van der Waals surface area contributed by atoms with Crippen LogP contribution in [0.3, 0.4) is 0 Å². The topological polar surface area (TPSA) is 71.3 Å². The van der Waals surface area contributed by atoms with Crippen LogP contribution >= 0.6 is 0 Å². The van der Waals surface area contributed by atoms with E-state index in [2.05, 4.69) is 15.5 Å². The highest BCUT2D eigenvalue weighted by atomic mass is 19.1. The quantitative estimate of drug-likeness (QED) is 0.931. The van der Waals surface area contributed by atoms with Crippen molar-refractivity contribution in [1.82, 2.24) is 20.4 Å². The molecule has 1 fully saturated rings. The summed E-state index contributed by atoms with van der Waals surface area (Å²) in [7, 11) is 1.76. The Balaban J connectivity index is 1.72. The van der Waals surface area contributed by atoms with E-state index in [0.717, 1.165) is 19.4 Å². The average molecular weight is 318 g/mol. The molecule has 1 aliphatic heterocycles. The Morgan fingerprint density at radius 2 is 2.22 bits per heavy atom. The normalized spacial score (nSPS) is 18.2. The van der Waals surface area contributed by atoms with Crippen molar-refractivity contribution in [2.45, 2.75) is 18.8 Å². The van der Waals surface area contributed by atoms with E-state index >= 15 is 0 Å². The van der Waals surface area contributed by atoms with Crippen LogP contribution in [0, 0.1) is 5.82 Å². The second kappa shape index (κ2) is 6.87. The first-order chi connectivity index (χ1) is 11.2. The molecule has 3 rings (SSSR count). The number of amides is 1. The smallest absolute Gasteiger partial charge is 0.236 e. The molecule has 1 saturated heterocycles. The zero-order chi connectivity index (χ0) is 16.2. The molecule has 0 bridgehead atoms. The standard InChI is InChI=1S/C16H19FN4O2/c1-18-9-14(22)21-8-2-3-12(10-21)16-19-15(20-23-16)11-4-6-13(17)7-5-11/h4-7,12,18H,2-3,8-10H2,1H3. The second-order valence-corrected chi connectivity index (χ2v) is 5.67. The maximum absolute atomic E-state index is 13.0. The van der Waals surface area contributed by atoms with Crippen molar-refractivity contribution >= 4 is 5.91 Å². The first-order valence-corrected chi connectivity index (χ1v) is 7.69. The summed E-state index contributed by atoms with van der Waals surface area (Å²) in [6, 6.07) is 5.97. The van der Waals surface area contributed by atoms with Gasteiger partial charge in [0.2, 0.25) is 17.6 Å². The van der Waals surface area contributed by atoms with Crippen molar-refractivity contribution in [3.63, 3.8) is 0 Å². The number of carbonyl (C=O) groups is 1. The molecule has 23 heavy (non-hydrogen) atoms. The van der Waals surface area contributed by atoms with Crippen molar-refractivity contribution < 1.29 is 13.7 Å². The van der Waals surface area contributed by atoms with Gasteiger partial charge in [0.25, 0.3) is 0 Å². The van der Waals surface area contributed by atoms with Gasteiger partial charge < -0.3 is 14.7 Å². The molecule has 1 aromatic carbocycles. The fraction of sp³-hybridized carbons (Fsp3) is 0.438. The molecule has 1 unspecified atom stereocenters. The van der Waals surface area contributed by atoms with E-state index in [4.69, 9.17) is 4.52 Å². The molecule has 2 aromatic rings. The van der Waals surface area contributed by atoms with Gasteiger partial charge in [0.05, 0.1) is 12.5 Å². The number of halogens is 1. The maximum atomic E-state index is 13.0. The summed E-state index contributed by atoms with van der Waals surface area (Å²) in [5.41, 5.74) is 0.709. The Kier molecular flexibility index (Phi) is 4.66. The lowest BCUT2D eigenvalue weighted by molar-refractivity contribution is -0.131. The summed E-state index contributed by atoms with van der Waals surface area (Å²) >= 11 is 0.